The number of benzene rings is 1. The van der Waals surface area contributed by atoms with Gasteiger partial charge in [-0.25, -0.2) is 4.79 Å². The lowest BCUT2D eigenvalue weighted by atomic mass is 10.0. The van der Waals surface area contributed by atoms with Gasteiger partial charge in [0, 0.05) is 12.6 Å². The molecule has 4 heteroatoms. The number of hydrogen-bond donors (Lipinski definition) is 3. The summed E-state index contributed by atoms with van der Waals surface area (Å²) in [6, 6.07) is 6.00. The van der Waals surface area contributed by atoms with Crippen molar-refractivity contribution in [1.29, 1.82) is 0 Å². The van der Waals surface area contributed by atoms with E-state index in [0.717, 1.165) is 30.8 Å². The number of carbonyl (C=O) groups is 1. The van der Waals surface area contributed by atoms with Crippen LogP contribution in [0.15, 0.2) is 18.2 Å². The number of fused-ring (bicyclic) bond motifs is 1. The second kappa shape index (κ2) is 5.08. The van der Waals surface area contributed by atoms with Crippen molar-refractivity contribution < 1.29 is 4.79 Å². The number of rotatable bonds is 2. The number of carbonyl (C=O) groups excluding carboxylic acids is 1. The predicted octanol–water partition coefficient (Wildman–Crippen LogP) is 2.57. The van der Waals surface area contributed by atoms with Crippen LogP contribution in [0, 0.1) is 0 Å². The third-order valence-corrected chi connectivity index (χ3v) is 2.74. The Balaban J connectivity index is 2.13. The van der Waals surface area contributed by atoms with Crippen molar-refractivity contribution in [2.45, 2.75) is 32.7 Å². The first-order valence-electron chi connectivity index (χ1n) is 6.10. The summed E-state index contributed by atoms with van der Waals surface area (Å²) in [7, 11) is 0. The minimum absolute atomic E-state index is 0.141. The highest BCUT2D eigenvalue weighted by Crippen LogP contribution is 2.29. The maximum atomic E-state index is 11.7. The molecule has 0 saturated carbocycles. The molecule has 0 bridgehead atoms. The zero-order valence-corrected chi connectivity index (χ0v) is 10.3. The van der Waals surface area contributed by atoms with E-state index in [-0.39, 0.29) is 12.1 Å². The summed E-state index contributed by atoms with van der Waals surface area (Å²) in [4.78, 5) is 11.7. The minimum Gasteiger partial charge on any atom is -0.383 e. The molecular weight excluding hydrogens is 214 g/mol. The summed E-state index contributed by atoms with van der Waals surface area (Å²) in [5, 5.41) is 9.06. The summed E-state index contributed by atoms with van der Waals surface area (Å²) in [6.07, 6.45) is 2.22. The van der Waals surface area contributed by atoms with Gasteiger partial charge in [0.15, 0.2) is 0 Å². The van der Waals surface area contributed by atoms with E-state index in [1.807, 2.05) is 26.0 Å². The first-order chi connectivity index (χ1) is 8.16. The van der Waals surface area contributed by atoms with E-state index in [0.29, 0.717) is 0 Å². The topological polar surface area (TPSA) is 53.2 Å². The van der Waals surface area contributed by atoms with Crippen LogP contribution in [0.3, 0.4) is 0 Å². The van der Waals surface area contributed by atoms with Gasteiger partial charge in [0.2, 0.25) is 0 Å². The molecular formula is C13H19N3O. The highest BCUT2D eigenvalue weighted by atomic mass is 16.2. The molecule has 1 heterocycles. The molecule has 1 aliphatic heterocycles. The van der Waals surface area contributed by atoms with Crippen LogP contribution in [0.5, 0.6) is 0 Å². The smallest absolute Gasteiger partial charge is 0.319 e. The van der Waals surface area contributed by atoms with Crippen LogP contribution in [0.1, 0.15) is 25.8 Å². The van der Waals surface area contributed by atoms with E-state index in [1.54, 1.807) is 0 Å². The summed E-state index contributed by atoms with van der Waals surface area (Å²) in [6.45, 7) is 4.86. The Morgan fingerprint density at radius 3 is 3.00 bits per heavy atom. The molecule has 1 aromatic rings. The number of urea groups is 1. The Hall–Kier alpha value is -1.71. The maximum Gasteiger partial charge on any atom is 0.319 e. The van der Waals surface area contributed by atoms with Crippen LogP contribution in [-0.2, 0) is 6.42 Å². The number of nitrogens with one attached hydrogen (secondary N) is 3. The lowest BCUT2D eigenvalue weighted by molar-refractivity contribution is 0.250. The molecule has 1 aliphatic rings. The van der Waals surface area contributed by atoms with Gasteiger partial charge >= 0.3 is 6.03 Å². The number of aryl methyl sites for hydroxylation is 1. The third-order valence-electron chi connectivity index (χ3n) is 2.74. The molecule has 17 heavy (non-hydrogen) atoms. The Bertz CT molecular complexity index is 415. The van der Waals surface area contributed by atoms with Crippen LogP contribution >= 0.6 is 0 Å². The van der Waals surface area contributed by atoms with Crippen LogP contribution in [0.2, 0.25) is 0 Å². The van der Waals surface area contributed by atoms with Crippen molar-refractivity contribution in [3.63, 3.8) is 0 Å². The van der Waals surface area contributed by atoms with Gasteiger partial charge in [-0.3, -0.25) is 0 Å². The van der Waals surface area contributed by atoms with Crippen molar-refractivity contribution in [3.05, 3.63) is 23.8 Å². The lowest BCUT2D eigenvalue weighted by Crippen LogP contribution is -2.34. The zero-order chi connectivity index (χ0) is 12.3. The Morgan fingerprint density at radius 2 is 2.24 bits per heavy atom. The molecule has 2 amide bonds. The molecule has 0 atom stereocenters. The van der Waals surface area contributed by atoms with Crippen molar-refractivity contribution in [2.24, 2.45) is 0 Å². The summed E-state index contributed by atoms with van der Waals surface area (Å²) in [5.74, 6) is 0. The van der Waals surface area contributed by atoms with Crippen LogP contribution in [0.25, 0.3) is 0 Å². The lowest BCUT2D eigenvalue weighted by Gasteiger charge is -2.21. The van der Waals surface area contributed by atoms with Crippen molar-refractivity contribution >= 4 is 17.4 Å². The van der Waals surface area contributed by atoms with Gasteiger partial charge in [0.1, 0.15) is 0 Å². The van der Waals surface area contributed by atoms with Crippen molar-refractivity contribution in [2.75, 3.05) is 17.2 Å². The molecule has 0 radical (unpaired) electrons. The molecule has 1 aromatic carbocycles. The second-order valence-electron chi connectivity index (χ2n) is 4.62. The van der Waals surface area contributed by atoms with Gasteiger partial charge in [0.25, 0.3) is 0 Å². The molecule has 2 rings (SSSR count). The molecule has 0 aliphatic carbocycles. The second-order valence-corrected chi connectivity index (χ2v) is 4.62. The van der Waals surface area contributed by atoms with E-state index in [2.05, 4.69) is 22.0 Å². The van der Waals surface area contributed by atoms with Crippen LogP contribution < -0.4 is 16.0 Å². The average Bonchev–Trinajstić information content (AvgIpc) is 2.28. The largest absolute Gasteiger partial charge is 0.383 e. The van der Waals surface area contributed by atoms with E-state index in [4.69, 9.17) is 0 Å². The van der Waals surface area contributed by atoms with E-state index in [1.165, 1.54) is 5.56 Å². The van der Waals surface area contributed by atoms with Gasteiger partial charge in [-0.1, -0.05) is 12.1 Å². The standard InChI is InChI=1S/C13H19N3O/c1-9(2)15-13(17)16-11-7-3-5-10-6-4-8-14-12(10)11/h3,5,7,9,14H,4,6,8H2,1-2H3,(H2,15,16,17). The first kappa shape index (κ1) is 11.8. The van der Waals surface area contributed by atoms with Gasteiger partial charge < -0.3 is 16.0 Å². The minimum atomic E-state index is -0.152. The fourth-order valence-electron chi connectivity index (χ4n) is 2.03. The van der Waals surface area contributed by atoms with Crippen LogP contribution in [-0.4, -0.2) is 18.6 Å². The Morgan fingerprint density at radius 1 is 1.41 bits per heavy atom. The maximum absolute atomic E-state index is 11.7. The summed E-state index contributed by atoms with van der Waals surface area (Å²) in [5.41, 5.74) is 3.21. The molecule has 0 fully saturated rings. The van der Waals surface area contributed by atoms with Crippen molar-refractivity contribution in [1.82, 2.24) is 5.32 Å². The summed E-state index contributed by atoms with van der Waals surface area (Å²) >= 11 is 0. The number of para-hydroxylation sites is 1. The molecule has 0 unspecified atom stereocenters. The number of amides is 2. The average molecular weight is 233 g/mol. The van der Waals surface area contributed by atoms with E-state index in [9.17, 15) is 4.79 Å². The normalized spacial score (nSPS) is 13.8. The van der Waals surface area contributed by atoms with E-state index >= 15 is 0 Å². The Kier molecular flexibility index (Phi) is 3.52. The molecule has 0 aromatic heterocycles. The highest BCUT2D eigenvalue weighted by Gasteiger charge is 2.13. The van der Waals surface area contributed by atoms with Gasteiger partial charge in [-0.15, -0.1) is 0 Å². The van der Waals surface area contributed by atoms with E-state index < -0.39 is 0 Å². The van der Waals surface area contributed by atoms with Gasteiger partial charge in [-0.05, 0) is 38.3 Å². The van der Waals surface area contributed by atoms with Gasteiger partial charge in [0.05, 0.1) is 11.4 Å². The highest BCUT2D eigenvalue weighted by molar-refractivity contribution is 5.93. The fourth-order valence-corrected chi connectivity index (χ4v) is 2.03. The fraction of sp³-hybridized carbons (Fsp3) is 0.462. The SMILES string of the molecule is CC(C)NC(=O)Nc1cccc2c1NCCC2. The third kappa shape index (κ3) is 2.90. The quantitative estimate of drug-likeness (QED) is 0.735. The zero-order valence-electron chi connectivity index (χ0n) is 10.3. The summed E-state index contributed by atoms with van der Waals surface area (Å²) < 4.78 is 0. The molecule has 4 nitrogen and oxygen atoms in total. The first-order valence-corrected chi connectivity index (χ1v) is 6.10. The number of anilines is 2. The molecule has 0 saturated heterocycles. The monoisotopic (exact) mass is 233 g/mol. The molecule has 0 spiro atoms. The Labute approximate surface area is 102 Å². The van der Waals surface area contributed by atoms with Gasteiger partial charge in [-0.2, -0.15) is 0 Å². The van der Waals surface area contributed by atoms with Crippen LogP contribution in [0.4, 0.5) is 16.2 Å². The predicted molar refractivity (Wildman–Crippen MR) is 70.5 cm³/mol. The number of hydrogen-bond acceptors (Lipinski definition) is 2. The molecule has 3 N–H and O–H groups in total. The molecule has 92 valence electrons. The van der Waals surface area contributed by atoms with Crippen molar-refractivity contribution in [3.8, 4) is 0 Å².